The van der Waals surface area contributed by atoms with E-state index in [0.717, 1.165) is 4.31 Å². The zero-order valence-corrected chi connectivity index (χ0v) is 16.2. The minimum Gasteiger partial charge on any atom is -0.383 e. The Morgan fingerprint density at radius 3 is 2.50 bits per heavy atom. The number of amides is 1. The van der Waals surface area contributed by atoms with E-state index in [9.17, 15) is 18.0 Å². The Kier molecular flexibility index (Phi) is 6.21. The molecule has 1 aromatic heterocycles. The van der Waals surface area contributed by atoms with Crippen molar-refractivity contribution in [3.05, 3.63) is 28.7 Å². The molecular weight excluding hydrogens is 360 g/mol. The maximum Gasteiger partial charge on any atom is 0.328 e. The van der Waals surface area contributed by atoms with Crippen LogP contribution in [0.5, 0.6) is 0 Å². The maximum absolute atomic E-state index is 12.9. The zero-order valence-electron chi connectivity index (χ0n) is 15.4. The van der Waals surface area contributed by atoms with Crippen LogP contribution in [-0.2, 0) is 33.7 Å². The van der Waals surface area contributed by atoms with Crippen molar-refractivity contribution in [1.82, 2.24) is 18.8 Å². The first kappa shape index (κ1) is 20.1. The highest BCUT2D eigenvalue weighted by Crippen LogP contribution is 2.21. The molecule has 1 aromatic carbocycles. The summed E-state index contributed by atoms with van der Waals surface area (Å²) in [6.07, 6.45) is 0. The lowest BCUT2D eigenvalue weighted by molar-refractivity contribution is -0.121. The van der Waals surface area contributed by atoms with Crippen LogP contribution in [-0.4, -0.2) is 61.1 Å². The van der Waals surface area contributed by atoms with Crippen LogP contribution in [0.2, 0.25) is 0 Å². The average Bonchev–Trinajstić information content (AvgIpc) is 2.83. The van der Waals surface area contributed by atoms with Crippen molar-refractivity contribution in [2.75, 3.05) is 33.4 Å². The number of sulfonamides is 1. The van der Waals surface area contributed by atoms with Gasteiger partial charge in [-0.3, -0.25) is 13.9 Å². The van der Waals surface area contributed by atoms with E-state index in [1.807, 2.05) is 0 Å². The van der Waals surface area contributed by atoms with Gasteiger partial charge >= 0.3 is 5.69 Å². The molecule has 10 heteroatoms. The lowest BCUT2D eigenvalue weighted by Crippen LogP contribution is -2.41. The number of nitrogens with zero attached hydrogens (tertiary/aromatic N) is 3. The molecule has 0 radical (unpaired) electrons. The fourth-order valence-electron chi connectivity index (χ4n) is 2.67. The first-order valence-corrected chi connectivity index (χ1v) is 9.59. The third-order valence-corrected chi connectivity index (χ3v) is 6.10. The van der Waals surface area contributed by atoms with Crippen molar-refractivity contribution in [3.63, 3.8) is 0 Å². The fourth-order valence-corrected chi connectivity index (χ4v) is 4.10. The monoisotopic (exact) mass is 384 g/mol. The second kappa shape index (κ2) is 8.02. The minimum absolute atomic E-state index is 0.0396. The molecule has 0 saturated heterocycles. The van der Waals surface area contributed by atoms with Gasteiger partial charge in [0.25, 0.3) is 0 Å². The Hall–Kier alpha value is -2.17. The number of aromatic nitrogens is 2. The first-order valence-electron chi connectivity index (χ1n) is 8.15. The number of benzene rings is 1. The largest absolute Gasteiger partial charge is 0.383 e. The molecule has 26 heavy (non-hydrogen) atoms. The van der Waals surface area contributed by atoms with Gasteiger partial charge in [-0.2, -0.15) is 4.31 Å². The third-order valence-electron chi connectivity index (χ3n) is 4.18. The van der Waals surface area contributed by atoms with E-state index >= 15 is 0 Å². The molecule has 0 unspecified atom stereocenters. The quantitative estimate of drug-likeness (QED) is 0.627. The third kappa shape index (κ3) is 3.81. The number of hydrogen-bond donors (Lipinski definition) is 1. The van der Waals surface area contributed by atoms with Crippen molar-refractivity contribution in [2.24, 2.45) is 14.1 Å². The van der Waals surface area contributed by atoms with Gasteiger partial charge in [-0.15, -0.1) is 0 Å². The SMILES string of the molecule is CCN(CC(=O)NCCOC)S(=O)(=O)c1ccc2c(c1)n(C)c(=O)n2C. The molecule has 9 nitrogen and oxygen atoms in total. The Labute approximate surface area is 152 Å². The molecule has 0 fully saturated rings. The van der Waals surface area contributed by atoms with Gasteiger partial charge in [0.2, 0.25) is 15.9 Å². The summed E-state index contributed by atoms with van der Waals surface area (Å²) in [6.45, 7) is 2.19. The highest BCUT2D eigenvalue weighted by Gasteiger charge is 2.26. The number of carbonyl (C=O) groups excluding carboxylic acids is 1. The molecule has 0 saturated carbocycles. The molecule has 1 amide bonds. The molecule has 0 aliphatic carbocycles. The Morgan fingerprint density at radius 1 is 1.23 bits per heavy atom. The lowest BCUT2D eigenvalue weighted by Gasteiger charge is -2.20. The summed E-state index contributed by atoms with van der Waals surface area (Å²) in [6, 6.07) is 4.50. The molecule has 0 atom stereocenters. The molecule has 144 valence electrons. The predicted molar refractivity (Wildman–Crippen MR) is 97.5 cm³/mol. The van der Waals surface area contributed by atoms with E-state index in [1.54, 1.807) is 27.1 Å². The number of rotatable bonds is 8. The zero-order chi connectivity index (χ0) is 19.5. The van der Waals surface area contributed by atoms with Gasteiger partial charge in [-0.25, -0.2) is 13.2 Å². The Bertz CT molecular complexity index is 961. The van der Waals surface area contributed by atoms with Crippen molar-refractivity contribution in [3.8, 4) is 0 Å². The topological polar surface area (TPSA) is 103 Å². The fraction of sp³-hybridized carbons (Fsp3) is 0.500. The van der Waals surface area contributed by atoms with Gasteiger partial charge in [0.05, 0.1) is 29.1 Å². The number of hydrogen-bond acceptors (Lipinski definition) is 5. The van der Waals surface area contributed by atoms with Crippen molar-refractivity contribution >= 4 is 27.0 Å². The van der Waals surface area contributed by atoms with Crippen LogP contribution in [0, 0.1) is 0 Å². The molecule has 0 bridgehead atoms. The summed E-state index contributed by atoms with van der Waals surface area (Å²) in [7, 11) is 0.856. The number of carbonyl (C=O) groups is 1. The maximum atomic E-state index is 12.9. The van der Waals surface area contributed by atoms with Crippen LogP contribution in [0.15, 0.2) is 27.9 Å². The number of aryl methyl sites for hydroxylation is 2. The predicted octanol–water partition coefficient (Wildman–Crippen LogP) is -0.350. The molecule has 0 aliphatic heterocycles. The standard InChI is InChI=1S/C16H24N4O5S/c1-5-20(11-15(21)17-8-9-25-4)26(23,24)12-6-7-13-14(10-12)19(3)16(22)18(13)2/h6-7,10H,5,8-9,11H2,1-4H3,(H,17,21). The van der Waals surface area contributed by atoms with Gasteiger partial charge in [-0.1, -0.05) is 6.92 Å². The summed E-state index contributed by atoms with van der Waals surface area (Å²) in [5.74, 6) is -0.402. The van der Waals surface area contributed by atoms with Crippen LogP contribution >= 0.6 is 0 Å². The smallest absolute Gasteiger partial charge is 0.328 e. The normalized spacial score (nSPS) is 12.0. The second-order valence-electron chi connectivity index (χ2n) is 5.83. The summed E-state index contributed by atoms with van der Waals surface area (Å²) < 4.78 is 34.6. The van der Waals surface area contributed by atoms with Gasteiger partial charge in [0.15, 0.2) is 0 Å². The van der Waals surface area contributed by atoms with Gasteiger partial charge in [0, 0.05) is 34.3 Å². The van der Waals surface area contributed by atoms with Crippen LogP contribution in [0.25, 0.3) is 11.0 Å². The van der Waals surface area contributed by atoms with Gasteiger partial charge < -0.3 is 10.1 Å². The molecule has 2 aromatic rings. The molecule has 1 N–H and O–H groups in total. The molecule has 1 heterocycles. The van der Waals surface area contributed by atoms with Crippen molar-refractivity contribution in [1.29, 1.82) is 0 Å². The van der Waals surface area contributed by atoms with E-state index in [-0.39, 0.29) is 23.7 Å². The van der Waals surface area contributed by atoms with E-state index in [4.69, 9.17) is 4.74 Å². The number of nitrogens with one attached hydrogen (secondary N) is 1. The van der Waals surface area contributed by atoms with E-state index in [1.165, 1.54) is 28.4 Å². The van der Waals surface area contributed by atoms with Crippen LogP contribution in [0.1, 0.15) is 6.92 Å². The molecule has 0 aliphatic rings. The van der Waals surface area contributed by atoms with Crippen molar-refractivity contribution < 1.29 is 17.9 Å². The second-order valence-corrected chi connectivity index (χ2v) is 7.76. The van der Waals surface area contributed by atoms with Gasteiger partial charge in [-0.05, 0) is 18.2 Å². The number of ether oxygens (including phenoxy) is 1. The number of imidazole rings is 1. The summed E-state index contributed by atoms with van der Waals surface area (Å²) >= 11 is 0. The molecular formula is C16H24N4O5S. The van der Waals surface area contributed by atoms with E-state index < -0.39 is 15.9 Å². The lowest BCUT2D eigenvalue weighted by atomic mass is 10.3. The molecule has 0 spiro atoms. The van der Waals surface area contributed by atoms with Crippen LogP contribution in [0.3, 0.4) is 0 Å². The summed E-state index contributed by atoms with van der Waals surface area (Å²) in [5, 5.41) is 2.60. The van der Waals surface area contributed by atoms with Crippen LogP contribution in [0.4, 0.5) is 0 Å². The highest BCUT2D eigenvalue weighted by atomic mass is 32.2. The summed E-state index contributed by atoms with van der Waals surface area (Å²) in [5.41, 5.74) is 0.912. The van der Waals surface area contributed by atoms with Crippen molar-refractivity contribution in [2.45, 2.75) is 11.8 Å². The number of likely N-dealkylation sites (N-methyl/N-ethyl adjacent to an activating group) is 1. The number of fused-ring (bicyclic) bond motifs is 1. The average molecular weight is 384 g/mol. The number of methoxy groups -OCH3 is 1. The molecule has 2 rings (SSSR count). The summed E-state index contributed by atoms with van der Waals surface area (Å²) in [4.78, 5) is 24.0. The van der Waals surface area contributed by atoms with E-state index in [0.29, 0.717) is 24.2 Å². The minimum atomic E-state index is -3.87. The first-order chi connectivity index (χ1) is 12.2. The Balaban J connectivity index is 2.32. The van der Waals surface area contributed by atoms with Crippen LogP contribution < -0.4 is 11.0 Å². The van der Waals surface area contributed by atoms with Gasteiger partial charge in [0.1, 0.15) is 0 Å². The van der Waals surface area contributed by atoms with E-state index in [2.05, 4.69) is 5.32 Å². The Morgan fingerprint density at radius 2 is 1.88 bits per heavy atom. The highest BCUT2D eigenvalue weighted by molar-refractivity contribution is 7.89.